The summed E-state index contributed by atoms with van der Waals surface area (Å²) in [6.07, 6.45) is 26.1. The van der Waals surface area contributed by atoms with Gasteiger partial charge in [0, 0.05) is 51.7 Å². The highest BCUT2D eigenvalue weighted by atomic mass is 16.8. The maximum atomic E-state index is 12.4. The third-order valence-electron chi connectivity index (χ3n) is 11.7. The minimum Gasteiger partial charge on any atom is -0.469 e. The second kappa shape index (κ2) is 46.8. The Morgan fingerprint density at radius 3 is 1.67 bits per heavy atom. The fourth-order valence-corrected chi connectivity index (χ4v) is 7.34. The van der Waals surface area contributed by atoms with Gasteiger partial charge in [-0.3, -0.25) is 24.2 Å². The SMILES string of the molecule is CCCCCCCC(=O)OC.CCCCCCCCNC(=O)C1OCO[C@@H]2C(CC)OCO[C@H]12.COC(=O)C1CCCCC1.COC(=O)c1ccccc1.COC(=O)c1cccnc1.COC(C)=O.Cn1cccc1. The number of pyridine rings is 1. The number of esters is 5. The number of fused-ring (bicyclic) bond motifs is 1. The zero-order chi connectivity index (χ0) is 55.9. The van der Waals surface area contributed by atoms with Crippen molar-refractivity contribution in [1.82, 2.24) is 14.9 Å². The van der Waals surface area contributed by atoms with Crippen molar-refractivity contribution in [2.45, 2.75) is 168 Å². The van der Waals surface area contributed by atoms with Gasteiger partial charge >= 0.3 is 29.8 Å². The van der Waals surface area contributed by atoms with E-state index in [1.807, 2.05) is 49.1 Å². The number of methoxy groups -OCH3 is 5. The Balaban J connectivity index is 0.000000905. The Labute approximate surface area is 447 Å². The molecule has 75 heavy (non-hydrogen) atoms. The maximum absolute atomic E-state index is 12.4. The smallest absolute Gasteiger partial charge is 0.339 e. The van der Waals surface area contributed by atoms with Crippen LogP contribution in [0.15, 0.2) is 79.4 Å². The van der Waals surface area contributed by atoms with E-state index in [0.717, 1.165) is 44.9 Å². The molecule has 0 bridgehead atoms. The van der Waals surface area contributed by atoms with Crippen molar-refractivity contribution >= 4 is 35.8 Å². The lowest BCUT2D eigenvalue weighted by Crippen LogP contribution is -2.60. The second-order valence-corrected chi connectivity index (χ2v) is 17.5. The largest absolute Gasteiger partial charge is 0.469 e. The predicted molar refractivity (Wildman–Crippen MR) is 286 cm³/mol. The Hall–Kier alpha value is -5.69. The number of hydrogen-bond acceptors (Lipinski definition) is 16. The topological polar surface area (TPSA) is 215 Å². The molecule has 3 aliphatic rings. The summed E-state index contributed by atoms with van der Waals surface area (Å²) in [5.41, 5.74) is 1.06. The molecular formula is C57H91N3O15. The highest BCUT2D eigenvalue weighted by Gasteiger charge is 2.46. The number of rotatable bonds is 18. The molecule has 2 aliphatic heterocycles. The van der Waals surface area contributed by atoms with Gasteiger partial charge in [0.2, 0.25) is 0 Å². The molecule has 18 heteroatoms. The van der Waals surface area contributed by atoms with E-state index in [0.29, 0.717) is 24.1 Å². The number of aryl methyl sites for hydroxylation is 1. The average molecular weight is 1060 g/mol. The molecule has 3 aromatic rings. The van der Waals surface area contributed by atoms with Crippen molar-refractivity contribution < 1.29 is 71.4 Å². The van der Waals surface area contributed by atoms with Crippen LogP contribution in [0.25, 0.3) is 0 Å². The van der Waals surface area contributed by atoms with E-state index in [1.54, 1.807) is 42.6 Å². The predicted octanol–water partition coefficient (Wildman–Crippen LogP) is 10.2. The van der Waals surface area contributed by atoms with Crippen LogP contribution in [0.3, 0.4) is 0 Å². The number of ether oxygens (including phenoxy) is 9. The highest BCUT2D eigenvalue weighted by molar-refractivity contribution is 5.89. The molecule has 1 amide bonds. The molecule has 424 valence electrons. The molecular weight excluding hydrogens is 967 g/mol. The maximum Gasteiger partial charge on any atom is 0.339 e. The van der Waals surface area contributed by atoms with Gasteiger partial charge < -0.3 is 52.5 Å². The fraction of sp³-hybridized carbons (Fsp3) is 0.632. The van der Waals surface area contributed by atoms with Gasteiger partial charge in [0.15, 0.2) is 6.10 Å². The highest BCUT2D eigenvalue weighted by Crippen LogP contribution is 2.28. The van der Waals surface area contributed by atoms with E-state index in [2.05, 4.69) is 47.8 Å². The summed E-state index contributed by atoms with van der Waals surface area (Å²) >= 11 is 0. The summed E-state index contributed by atoms with van der Waals surface area (Å²) in [7, 11) is 8.97. The standard InChI is InChI=1S/C17H31NO5.C9H18O2.C8H14O2.C8H8O2.C7H7NO2.C5H7N.C3H6O2/c1-3-5-6-7-8-9-10-18-17(19)16-15-14(21-12-23-16)13(4-2)20-11-22-15;1-3-4-5-6-7-8-9(10)11-2;2*1-10-8(9)7-5-3-2-4-6-7;1-10-7(9)6-3-2-4-8-5-6;1-6-4-2-3-5-6;1-3(4)5-2/h13-16H,3-12H2,1-2H3,(H,18,19);3-8H2,1-2H3;7H,2-6H2,1H3;2-6H,1H3;2-5H,1H3;2-5H,1H3;1-2H3/t13?,14-,15+,16?;;;;;;/m1....../s1. The molecule has 4 atom stereocenters. The summed E-state index contributed by atoms with van der Waals surface area (Å²) in [5.74, 6) is -0.882. The Morgan fingerprint density at radius 2 is 1.16 bits per heavy atom. The number of nitrogens with one attached hydrogen (secondary N) is 1. The van der Waals surface area contributed by atoms with Gasteiger partial charge in [0.25, 0.3) is 5.91 Å². The van der Waals surface area contributed by atoms with Crippen LogP contribution in [0.2, 0.25) is 0 Å². The number of carbonyl (C=O) groups is 6. The normalized spacial score (nSPS) is 17.1. The van der Waals surface area contributed by atoms with E-state index < -0.39 is 6.10 Å². The van der Waals surface area contributed by atoms with E-state index in [-0.39, 0.29) is 73.6 Å². The van der Waals surface area contributed by atoms with Crippen LogP contribution in [-0.2, 0) is 68.9 Å². The van der Waals surface area contributed by atoms with E-state index in [9.17, 15) is 28.8 Å². The number of nitrogens with zero attached hydrogens (tertiary/aromatic N) is 2. The molecule has 2 saturated heterocycles. The molecule has 3 fully saturated rings. The number of benzene rings is 1. The summed E-state index contributed by atoms with van der Waals surface area (Å²) in [6, 6.07) is 16.2. The molecule has 1 saturated carbocycles. The summed E-state index contributed by atoms with van der Waals surface area (Å²) in [5, 5.41) is 2.97. The first-order valence-corrected chi connectivity index (χ1v) is 26.4. The first-order valence-electron chi connectivity index (χ1n) is 26.4. The third kappa shape index (κ3) is 34.5. The minimum absolute atomic E-state index is 0.0142. The van der Waals surface area contributed by atoms with E-state index in [1.165, 1.54) is 113 Å². The number of hydrogen-bond donors (Lipinski definition) is 1. The van der Waals surface area contributed by atoms with Crippen molar-refractivity contribution in [3.8, 4) is 0 Å². The summed E-state index contributed by atoms with van der Waals surface area (Å²) in [4.78, 5) is 68.8. The lowest BCUT2D eigenvalue weighted by Gasteiger charge is -2.43. The van der Waals surface area contributed by atoms with Crippen LogP contribution in [0.4, 0.5) is 0 Å². The van der Waals surface area contributed by atoms with Crippen LogP contribution in [0, 0.1) is 5.92 Å². The van der Waals surface area contributed by atoms with Crippen LogP contribution in [0.5, 0.6) is 0 Å². The number of amides is 1. The minimum atomic E-state index is -0.605. The molecule has 2 unspecified atom stereocenters. The molecule has 2 aromatic heterocycles. The third-order valence-corrected chi connectivity index (χ3v) is 11.7. The molecule has 1 N–H and O–H groups in total. The molecule has 0 radical (unpaired) electrons. The molecule has 1 aliphatic carbocycles. The average Bonchev–Trinajstić information content (AvgIpc) is 3.95. The first-order chi connectivity index (χ1) is 36.3. The zero-order valence-electron chi connectivity index (χ0n) is 46.8. The lowest BCUT2D eigenvalue weighted by atomic mass is 9.89. The number of aromatic nitrogens is 2. The Morgan fingerprint density at radius 1 is 0.613 bits per heavy atom. The number of unbranched alkanes of at least 4 members (excludes halogenated alkanes) is 9. The van der Waals surface area contributed by atoms with Crippen LogP contribution >= 0.6 is 0 Å². The van der Waals surface area contributed by atoms with Gasteiger partial charge in [-0.1, -0.05) is 116 Å². The molecule has 4 heterocycles. The second-order valence-electron chi connectivity index (χ2n) is 17.5. The van der Waals surface area contributed by atoms with E-state index >= 15 is 0 Å². The van der Waals surface area contributed by atoms with Gasteiger partial charge in [-0.25, -0.2) is 9.59 Å². The van der Waals surface area contributed by atoms with Crippen molar-refractivity contribution in [1.29, 1.82) is 0 Å². The Kier molecular flexibility index (Phi) is 43.3. The zero-order valence-corrected chi connectivity index (χ0v) is 46.8. The lowest BCUT2D eigenvalue weighted by molar-refractivity contribution is -0.316. The number of carbonyl (C=O) groups excluding carboxylic acids is 6. The van der Waals surface area contributed by atoms with Crippen molar-refractivity contribution in [2.24, 2.45) is 13.0 Å². The van der Waals surface area contributed by atoms with Gasteiger partial charge in [0.1, 0.15) is 25.8 Å². The van der Waals surface area contributed by atoms with Gasteiger partial charge in [0.05, 0.1) is 58.7 Å². The summed E-state index contributed by atoms with van der Waals surface area (Å²) in [6.45, 7) is 8.78. The molecule has 1 aromatic carbocycles. The van der Waals surface area contributed by atoms with E-state index in [4.69, 9.17) is 18.9 Å². The van der Waals surface area contributed by atoms with Gasteiger partial charge in [-0.15, -0.1) is 0 Å². The van der Waals surface area contributed by atoms with Crippen LogP contribution < -0.4 is 5.32 Å². The fourth-order valence-electron chi connectivity index (χ4n) is 7.34. The van der Waals surface area contributed by atoms with Crippen LogP contribution in [0.1, 0.15) is 164 Å². The molecule has 6 rings (SSSR count). The van der Waals surface area contributed by atoms with Gasteiger partial charge in [-0.05, 0) is 68.5 Å². The molecule has 0 spiro atoms. The quantitative estimate of drug-likeness (QED) is 0.0712. The van der Waals surface area contributed by atoms with Crippen molar-refractivity contribution in [3.05, 3.63) is 90.5 Å². The monoisotopic (exact) mass is 1060 g/mol. The summed E-state index contributed by atoms with van der Waals surface area (Å²) < 4.78 is 46.4. The van der Waals surface area contributed by atoms with Crippen molar-refractivity contribution in [2.75, 3.05) is 55.7 Å². The first kappa shape index (κ1) is 69.3. The van der Waals surface area contributed by atoms with Gasteiger partial charge in [-0.2, -0.15) is 0 Å². The molecule has 18 nitrogen and oxygen atoms in total. The van der Waals surface area contributed by atoms with Crippen molar-refractivity contribution in [3.63, 3.8) is 0 Å². The van der Waals surface area contributed by atoms with Crippen LogP contribution in [-0.4, -0.2) is 125 Å². The Bertz CT molecular complexity index is 1830.